The van der Waals surface area contributed by atoms with Crippen LogP contribution in [0.4, 0.5) is 4.39 Å². The highest BCUT2D eigenvalue weighted by molar-refractivity contribution is 6.04. The Labute approximate surface area is 169 Å². The van der Waals surface area contributed by atoms with E-state index in [2.05, 4.69) is 15.8 Å². The van der Waals surface area contributed by atoms with E-state index in [-0.39, 0.29) is 18.1 Å². The molecular weight excluding hydrogens is 373 g/mol. The van der Waals surface area contributed by atoms with Crippen LogP contribution in [-0.2, 0) is 20.8 Å². The van der Waals surface area contributed by atoms with Crippen molar-refractivity contribution in [3.63, 3.8) is 0 Å². The predicted octanol–water partition coefficient (Wildman–Crippen LogP) is 2.57. The standard InChI is InChI=1S/C22H24FN3O3/c1-2-12-24-21(27)19(13-15-6-4-3-5-7-15)25-22(28)20-14-18(26-29-20)16-8-10-17(23)11-9-16/h3-11,19-20H,2,12-14H2,1H3,(H,24,27)(H,25,28)/t19-,20+/m1/s1. The summed E-state index contributed by atoms with van der Waals surface area (Å²) in [5.74, 6) is -0.982. The lowest BCUT2D eigenvalue weighted by Gasteiger charge is -2.20. The van der Waals surface area contributed by atoms with Crippen molar-refractivity contribution in [1.29, 1.82) is 0 Å². The van der Waals surface area contributed by atoms with Gasteiger partial charge in [0.05, 0.1) is 5.71 Å². The zero-order valence-electron chi connectivity index (χ0n) is 16.2. The first-order valence-electron chi connectivity index (χ1n) is 9.67. The molecule has 2 atom stereocenters. The Morgan fingerprint density at radius 2 is 1.90 bits per heavy atom. The number of benzene rings is 2. The van der Waals surface area contributed by atoms with Gasteiger partial charge < -0.3 is 15.5 Å². The maximum Gasteiger partial charge on any atom is 0.265 e. The van der Waals surface area contributed by atoms with Crippen LogP contribution in [0.3, 0.4) is 0 Å². The van der Waals surface area contributed by atoms with Gasteiger partial charge in [0.1, 0.15) is 11.9 Å². The number of hydrogen-bond acceptors (Lipinski definition) is 4. The molecule has 7 heteroatoms. The molecule has 0 spiro atoms. The number of amides is 2. The van der Waals surface area contributed by atoms with Crippen LogP contribution in [-0.4, -0.2) is 36.2 Å². The van der Waals surface area contributed by atoms with E-state index >= 15 is 0 Å². The van der Waals surface area contributed by atoms with Gasteiger partial charge >= 0.3 is 0 Å². The Morgan fingerprint density at radius 3 is 2.59 bits per heavy atom. The number of carbonyl (C=O) groups excluding carboxylic acids is 2. The van der Waals surface area contributed by atoms with Crippen LogP contribution in [0.15, 0.2) is 59.8 Å². The third-order valence-electron chi connectivity index (χ3n) is 4.60. The van der Waals surface area contributed by atoms with Crippen molar-refractivity contribution in [2.75, 3.05) is 6.54 Å². The summed E-state index contributed by atoms with van der Waals surface area (Å²) in [5.41, 5.74) is 2.21. The Bertz CT molecular complexity index is 869. The van der Waals surface area contributed by atoms with Crippen LogP contribution in [0.25, 0.3) is 0 Å². The van der Waals surface area contributed by atoms with Gasteiger partial charge in [-0.15, -0.1) is 0 Å². The molecule has 0 radical (unpaired) electrons. The molecule has 1 aliphatic heterocycles. The Balaban J connectivity index is 1.63. The summed E-state index contributed by atoms with van der Waals surface area (Å²) in [6, 6.07) is 14.6. The smallest absolute Gasteiger partial charge is 0.265 e. The molecule has 0 bridgehead atoms. The van der Waals surface area contributed by atoms with E-state index < -0.39 is 18.1 Å². The molecule has 0 aromatic heterocycles. The van der Waals surface area contributed by atoms with E-state index in [0.29, 0.717) is 24.2 Å². The quantitative estimate of drug-likeness (QED) is 0.719. The normalized spacial score (nSPS) is 16.5. The molecule has 2 N–H and O–H groups in total. The highest BCUT2D eigenvalue weighted by Crippen LogP contribution is 2.17. The molecule has 0 aliphatic carbocycles. The van der Waals surface area contributed by atoms with Gasteiger partial charge in [0.2, 0.25) is 12.0 Å². The zero-order chi connectivity index (χ0) is 20.6. The first-order valence-corrected chi connectivity index (χ1v) is 9.67. The number of nitrogens with zero attached hydrogens (tertiary/aromatic N) is 1. The van der Waals surface area contributed by atoms with Crippen LogP contribution in [0, 0.1) is 5.82 Å². The van der Waals surface area contributed by atoms with Crippen LogP contribution in [0.1, 0.15) is 30.9 Å². The molecule has 2 aromatic rings. The van der Waals surface area contributed by atoms with E-state index in [1.165, 1.54) is 12.1 Å². The fourth-order valence-electron chi connectivity index (χ4n) is 3.03. The lowest BCUT2D eigenvalue weighted by atomic mass is 10.0. The van der Waals surface area contributed by atoms with Gasteiger partial charge in [-0.25, -0.2) is 4.39 Å². The molecule has 3 rings (SSSR count). The summed E-state index contributed by atoms with van der Waals surface area (Å²) < 4.78 is 13.1. The van der Waals surface area contributed by atoms with E-state index in [0.717, 1.165) is 12.0 Å². The highest BCUT2D eigenvalue weighted by atomic mass is 19.1. The summed E-state index contributed by atoms with van der Waals surface area (Å²) >= 11 is 0. The molecule has 0 saturated heterocycles. The molecule has 0 fully saturated rings. The number of carbonyl (C=O) groups is 2. The van der Waals surface area contributed by atoms with Crippen molar-refractivity contribution in [3.8, 4) is 0 Å². The monoisotopic (exact) mass is 397 g/mol. The molecule has 0 saturated carbocycles. The summed E-state index contributed by atoms with van der Waals surface area (Å²) in [7, 11) is 0. The fraction of sp³-hybridized carbons (Fsp3) is 0.318. The van der Waals surface area contributed by atoms with Crippen LogP contribution < -0.4 is 10.6 Å². The molecule has 2 aromatic carbocycles. The van der Waals surface area contributed by atoms with Crippen LogP contribution in [0.5, 0.6) is 0 Å². The van der Waals surface area contributed by atoms with Crippen LogP contribution in [0.2, 0.25) is 0 Å². The molecule has 0 unspecified atom stereocenters. The van der Waals surface area contributed by atoms with E-state index in [4.69, 9.17) is 4.84 Å². The minimum absolute atomic E-state index is 0.235. The average Bonchev–Trinajstić information content (AvgIpc) is 3.23. The van der Waals surface area contributed by atoms with Crippen molar-refractivity contribution in [1.82, 2.24) is 10.6 Å². The first kappa shape index (κ1) is 20.5. The Kier molecular flexibility index (Phi) is 6.94. The van der Waals surface area contributed by atoms with Crippen molar-refractivity contribution in [2.45, 2.75) is 38.3 Å². The molecule has 29 heavy (non-hydrogen) atoms. The van der Waals surface area contributed by atoms with Gasteiger partial charge in [0.15, 0.2) is 0 Å². The Hall–Kier alpha value is -3.22. The molecular formula is C22H24FN3O3. The number of rotatable bonds is 8. The second kappa shape index (κ2) is 9.82. The number of halogens is 1. The van der Waals surface area contributed by atoms with Crippen molar-refractivity contribution >= 4 is 17.5 Å². The molecule has 152 valence electrons. The van der Waals surface area contributed by atoms with Crippen molar-refractivity contribution in [2.24, 2.45) is 5.16 Å². The lowest BCUT2D eigenvalue weighted by molar-refractivity contribution is -0.135. The van der Waals surface area contributed by atoms with Gasteiger partial charge in [-0.1, -0.05) is 54.5 Å². The number of nitrogens with one attached hydrogen (secondary N) is 2. The Morgan fingerprint density at radius 1 is 1.17 bits per heavy atom. The zero-order valence-corrected chi connectivity index (χ0v) is 16.2. The second-order valence-electron chi connectivity index (χ2n) is 6.88. The number of oxime groups is 1. The third kappa shape index (κ3) is 5.63. The van der Waals surface area contributed by atoms with Crippen molar-refractivity contribution < 1.29 is 18.8 Å². The summed E-state index contributed by atoms with van der Waals surface area (Å²) in [5, 5.41) is 9.57. The SMILES string of the molecule is CCCNC(=O)[C@@H](Cc1ccccc1)NC(=O)[C@@H]1CC(c2ccc(F)cc2)=NO1. The van der Waals surface area contributed by atoms with E-state index in [1.807, 2.05) is 37.3 Å². The predicted molar refractivity (Wildman–Crippen MR) is 108 cm³/mol. The largest absolute Gasteiger partial charge is 0.382 e. The van der Waals surface area contributed by atoms with E-state index in [1.54, 1.807) is 12.1 Å². The molecule has 6 nitrogen and oxygen atoms in total. The molecule has 2 amide bonds. The number of hydrogen-bond donors (Lipinski definition) is 2. The second-order valence-corrected chi connectivity index (χ2v) is 6.88. The topological polar surface area (TPSA) is 79.8 Å². The van der Waals surface area contributed by atoms with Gasteiger partial charge in [-0.05, 0) is 29.7 Å². The molecule has 1 heterocycles. The lowest BCUT2D eigenvalue weighted by Crippen LogP contribution is -2.51. The maximum absolute atomic E-state index is 13.1. The summed E-state index contributed by atoms with van der Waals surface area (Å²) in [6.45, 7) is 2.50. The highest BCUT2D eigenvalue weighted by Gasteiger charge is 2.32. The van der Waals surface area contributed by atoms with Crippen molar-refractivity contribution in [3.05, 3.63) is 71.5 Å². The minimum Gasteiger partial charge on any atom is -0.382 e. The van der Waals surface area contributed by atoms with Gasteiger partial charge in [-0.2, -0.15) is 0 Å². The summed E-state index contributed by atoms with van der Waals surface area (Å²) in [6.07, 6.45) is 0.609. The van der Waals surface area contributed by atoms with E-state index in [9.17, 15) is 14.0 Å². The average molecular weight is 397 g/mol. The maximum atomic E-state index is 13.1. The van der Waals surface area contributed by atoms with Gasteiger partial charge in [0.25, 0.3) is 5.91 Å². The third-order valence-corrected chi connectivity index (χ3v) is 4.60. The van der Waals surface area contributed by atoms with Crippen LogP contribution >= 0.6 is 0 Å². The van der Waals surface area contributed by atoms with Gasteiger partial charge in [0, 0.05) is 19.4 Å². The van der Waals surface area contributed by atoms with Gasteiger partial charge in [-0.3, -0.25) is 9.59 Å². The molecule has 1 aliphatic rings. The first-order chi connectivity index (χ1) is 14.1. The fourth-order valence-corrected chi connectivity index (χ4v) is 3.03. The minimum atomic E-state index is -0.827. The summed E-state index contributed by atoms with van der Waals surface area (Å²) in [4.78, 5) is 30.5.